The number of nitrogens with one attached hydrogen (secondary N) is 2. The van der Waals surface area contributed by atoms with Crippen LogP contribution in [0.15, 0.2) is 30.6 Å². The van der Waals surface area contributed by atoms with Gasteiger partial charge in [0, 0.05) is 30.5 Å². The summed E-state index contributed by atoms with van der Waals surface area (Å²) >= 11 is 0. The molecule has 1 aromatic carbocycles. The summed E-state index contributed by atoms with van der Waals surface area (Å²) in [4.78, 5) is 22.8. The first-order valence-corrected chi connectivity index (χ1v) is 8.86. The van der Waals surface area contributed by atoms with Gasteiger partial charge in [-0.2, -0.15) is 0 Å². The molecular formula is C19H25N5O. The van der Waals surface area contributed by atoms with Gasteiger partial charge < -0.3 is 15.5 Å². The molecule has 3 rings (SSSR count). The number of amides is 1. The van der Waals surface area contributed by atoms with E-state index in [9.17, 15) is 4.79 Å². The van der Waals surface area contributed by atoms with Crippen LogP contribution >= 0.6 is 0 Å². The number of hydrogen-bond donors (Lipinski definition) is 2. The second-order valence-corrected chi connectivity index (χ2v) is 6.33. The maximum Gasteiger partial charge on any atom is 0.271 e. The average molecular weight is 339 g/mol. The van der Waals surface area contributed by atoms with Crippen molar-refractivity contribution in [2.45, 2.75) is 39.7 Å². The predicted molar refractivity (Wildman–Crippen MR) is 101 cm³/mol. The summed E-state index contributed by atoms with van der Waals surface area (Å²) in [6.07, 6.45) is 5.22. The maximum atomic E-state index is 11.9. The van der Waals surface area contributed by atoms with E-state index in [2.05, 4.69) is 64.5 Å². The monoisotopic (exact) mass is 339 g/mol. The van der Waals surface area contributed by atoms with Crippen LogP contribution in [-0.4, -0.2) is 35.0 Å². The van der Waals surface area contributed by atoms with Crippen LogP contribution in [0.4, 0.5) is 17.2 Å². The Hall–Kier alpha value is -2.63. The second kappa shape index (κ2) is 7.51. The molecule has 0 spiro atoms. The molecule has 0 radical (unpaired) electrons. The van der Waals surface area contributed by atoms with Crippen molar-refractivity contribution in [1.29, 1.82) is 0 Å². The van der Waals surface area contributed by atoms with Crippen molar-refractivity contribution in [3.05, 3.63) is 41.9 Å². The Balaban J connectivity index is 1.68. The van der Waals surface area contributed by atoms with E-state index in [0.717, 1.165) is 37.2 Å². The number of carbonyl (C=O) groups is 1. The molecule has 2 aromatic rings. The molecular weight excluding hydrogens is 314 g/mol. The van der Waals surface area contributed by atoms with Gasteiger partial charge in [0.15, 0.2) is 0 Å². The fourth-order valence-electron chi connectivity index (χ4n) is 2.71. The highest BCUT2D eigenvalue weighted by atomic mass is 16.2. The van der Waals surface area contributed by atoms with Gasteiger partial charge in [-0.1, -0.05) is 0 Å². The average Bonchev–Trinajstić information content (AvgIpc) is 3.43. The van der Waals surface area contributed by atoms with Gasteiger partial charge in [-0.25, -0.2) is 9.97 Å². The highest BCUT2D eigenvalue weighted by Gasteiger charge is 2.24. The molecule has 0 bridgehead atoms. The van der Waals surface area contributed by atoms with Crippen LogP contribution in [0.5, 0.6) is 0 Å². The van der Waals surface area contributed by atoms with Gasteiger partial charge in [0.05, 0.1) is 12.4 Å². The number of rotatable bonds is 7. The van der Waals surface area contributed by atoms with Crippen LogP contribution < -0.4 is 15.5 Å². The van der Waals surface area contributed by atoms with Crippen molar-refractivity contribution in [3.63, 3.8) is 0 Å². The SMILES string of the molecule is CCN(CC)c1ccc(Nc2cnc(C(=O)NC3CC3)cn2)c(C)c1. The van der Waals surface area contributed by atoms with Crippen molar-refractivity contribution >= 4 is 23.1 Å². The zero-order chi connectivity index (χ0) is 17.8. The van der Waals surface area contributed by atoms with Gasteiger partial charge >= 0.3 is 0 Å². The molecule has 6 heteroatoms. The number of aromatic nitrogens is 2. The topological polar surface area (TPSA) is 70.2 Å². The maximum absolute atomic E-state index is 11.9. The number of anilines is 3. The number of carbonyl (C=O) groups excluding carboxylic acids is 1. The molecule has 1 fully saturated rings. The summed E-state index contributed by atoms with van der Waals surface area (Å²) in [5.41, 5.74) is 3.69. The Morgan fingerprint density at radius 3 is 2.52 bits per heavy atom. The van der Waals surface area contributed by atoms with E-state index in [4.69, 9.17) is 0 Å². The van der Waals surface area contributed by atoms with Crippen LogP contribution in [0.2, 0.25) is 0 Å². The van der Waals surface area contributed by atoms with E-state index >= 15 is 0 Å². The molecule has 0 saturated heterocycles. The first-order chi connectivity index (χ1) is 12.1. The van der Waals surface area contributed by atoms with Gasteiger partial charge in [-0.05, 0) is 57.4 Å². The summed E-state index contributed by atoms with van der Waals surface area (Å²) in [6.45, 7) is 8.35. The lowest BCUT2D eigenvalue weighted by molar-refractivity contribution is 0.0945. The fourth-order valence-corrected chi connectivity index (χ4v) is 2.71. The molecule has 0 unspecified atom stereocenters. The minimum atomic E-state index is -0.152. The zero-order valence-electron chi connectivity index (χ0n) is 15.0. The fraction of sp³-hybridized carbons (Fsp3) is 0.421. The molecule has 1 saturated carbocycles. The molecule has 1 aromatic heterocycles. The first kappa shape index (κ1) is 17.2. The highest BCUT2D eigenvalue weighted by molar-refractivity contribution is 5.92. The van der Waals surface area contributed by atoms with Crippen molar-refractivity contribution in [2.24, 2.45) is 0 Å². The van der Waals surface area contributed by atoms with Gasteiger partial charge in [0.1, 0.15) is 11.5 Å². The summed E-state index contributed by atoms with van der Waals surface area (Å²) in [5.74, 6) is 0.475. The van der Waals surface area contributed by atoms with Gasteiger partial charge in [-0.15, -0.1) is 0 Å². The molecule has 132 valence electrons. The van der Waals surface area contributed by atoms with Crippen molar-refractivity contribution in [1.82, 2.24) is 15.3 Å². The van der Waals surface area contributed by atoms with Gasteiger partial charge in [0.25, 0.3) is 5.91 Å². The Morgan fingerprint density at radius 1 is 1.20 bits per heavy atom. The lowest BCUT2D eigenvalue weighted by Crippen LogP contribution is -2.26. The molecule has 0 atom stereocenters. The van der Waals surface area contributed by atoms with E-state index in [1.54, 1.807) is 6.20 Å². The Kier molecular flexibility index (Phi) is 5.16. The van der Waals surface area contributed by atoms with E-state index in [1.807, 2.05) is 0 Å². The van der Waals surface area contributed by atoms with Crippen LogP contribution in [0.25, 0.3) is 0 Å². The Labute approximate surface area is 148 Å². The Morgan fingerprint density at radius 2 is 1.96 bits per heavy atom. The summed E-state index contributed by atoms with van der Waals surface area (Å²) in [5, 5.41) is 6.18. The molecule has 6 nitrogen and oxygen atoms in total. The van der Waals surface area contributed by atoms with Crippen LogP contribution in [0, 0.1) is 6.92 Å². The molecule has 2 N–H and O–H groups in total. The summed E-state index contributed by atoms with van der Waals surface area (Å²) < 4.78 is 0. The first-order valence-electron chi connectivity index (χ1n) is 8.86. The second-order valence-electron chi connectivity index (χ2n) is 6.33. The zero-order valence-corrected chi connectivity index (χ0v) is 15.0. The minimum absolute atomic E-state index is 0.152. The quantitative estimate of drug-likeness (QED) is 0.810. The summed E-state index contributed by atoms with van der Waals surface area (Å²) in [6, 6.07) is 6.64. The smallest absolute Gasteiger partial charge is 0.271 e. The van der Waals surface area contributed by atoms with E-state index in [1.165, 1.54) is 11.9 Å². The normalized spacial score (nSPS) is 13.4. The lowest BCUT2D eigenvalue weighted by atomic mass is 10.1. The minimum Gasteiger partial charge on any atom is -0.372 e. The van der Waals surface area contributed by atoms with Crippen molar-refractivity contribution < 1.29 is 4.79 Å². The van der Waals surface area contributed by atoms with Crippen molar-refractivity contribution in [3.8, 4) is 0 Å². The highest BCUT2D eigenvalue weighted by Crippen LogP contribution is 2.25. The number of nitrogens with zero attached hydrogens (tertiary/aromatic N) is 3. The number of aryl methyl sites for hydroxylation is 1. The van der Waals surface area contributed by atoms with Crippen LogP contribution in [0.1, 0.15) is 42.7 Å². The van der Waals surface area contributed by atoms with E-state index in [0.29, 0.717) is 17.6 Å². The lowest BCUT2D eigenvalue weighted by Gasteiger charge is -2.22. The van der Waals surface area contributed by atoms with E-state index in [-0.39, 0.29) is 5.91 Å². The third-order valence-corrected chi connectivity index (χ3v) is 4.40. The van der Waals surface area contributed by atoms with Gasteiger partial charge in [0.2, 0.25) is 0 Å². The molecule has 1 aliphatic carbocycles. The summed E-state index contributed by atoms with van der Waals surface area (Å²) in [7, 11) is 0. The van der Waals surface area contributed by atoms with Crippen LogP contribution in [-0.2, 0) is 0 Å². The largest absolute Gasteiger partial charge is 0.372 e. The third kappa shape index (κ3) is 4.26. The number of hydrogen-bond acceptors (Lipinski definition) is 5. The molecule has 1 amide bonds. The molecule has 0 aliphatic heterocycles. The standard InChI is InChI=1S/C19H25N5O/c1-4-24(5-2)15-8-9-16(13(3)10-15)23-18-12-20-17(11-21-18)19(25)22-14-6-7-14/h8-12,14H,4-7H2,1-3H3,(H,21,23)(H,22,25). The Bertz CT molecular complexity index is 736. The van der Waals surface area contributed by atoms with E-state index < -0.39 is 0 Å². The molecule has 1 heterocycles. The predicted octanol–water partition coefficient (Wildman–Crippen LogP) is 3.27. The third-order valence-electron chi connectivity index (χ3n) is 4.40. The molecule has 1 aliphatic rings. The number of benzene rings is 1. The van der Waals surface area contributed by atoms with Crippen LogP contribution in [0.3, 0.4) is 0 Å². The molecule has 25 heavy (non-hydrogen) atoms. The van der Waals surface area contributed by atoms with Gasteiger partial charge in [-0.3, -0.25) is 4.79 Å². The van der Waals surface area contributed by atoms with Crippen molar-refractivity contribution in [2.75, 3.05) is 23.3 Å².